The first-order chi connectivity index (χ1) is 40.1. The van der Waals surface area contributed by atoms with Crippen LogP contribution >= 0.6 is 0 Å². The summed E-state index contributed by atoms with van der Waals surface area (Å²) in [6, 6.07) is 0. The maximum Gasteiger partial charge on any atom is 0.306 e. The van der Waals surface area contributed by atoms with Gasteiger partial charge in [-0.15, -0.1) is 0 Å². The Bertz CT molecular complexity index is 1440. The number of likely N-dealkylation sites (N-methyl/N-ethyl adjacent to an activating group) is 1. The predicted octanol–water partition coefficient (Wildman–Crippen LogP) is 20.6. The standard InChI is InChI=1S/C73H137NO8/c1-6-8-10-12-14-16-18-20-22-24-26-28-30-32-33-34-35-36-37-38-39-40-42-44-46-48-50-52-54-56-58-60-62-64-71(76)82-69(68-81-73(72(77)78)79-66-65-74(3,4)5)67-80-70(75)63-61-59-57-55-53-51-49-47-45-43-41-31-29-27-25-23-21-19-17-15-13-11-9-7-2/h18,20,24,26,30,32,69,73H,6-17,19,21-23,25,27-29,31,33-68H2,1-5H3/b20-18-,26-24-,32-30-. The number of hydrogen-bond donors (Lipinski definition) is 0. The molecule has 9 nitrogen and oxygen atoms in total. The van der Waals surface area contributed by atoms with Gasteiger partial charge in [0.2, 0.25) is 0 Å². The number of nitrogens with zero attached hydrogens (tertiary/aromatic N) is 1. The zero-order chi connectivity index (χ0) is 59.8. The average Bonchev–Trinajstić information content (AvgIpc) is 3.45. The fourth-order valence-corrected chi connectivity index (χ4v) is 10.7. The third-order valence-corrected chi connectivity index (χ3v) is 16.1. The van der Waals surface area contributed by atoms with Crippen LogP contribution < -0.4 is 5.11 Å². The number of carboxylic acid groups (broad SMARTS) is 1. The molecule has 0 N–H and O–H groups in total. The molecule has 0 saturated carbocycles. The van der Waals surface area contributed by atoms with E-state index < -0.39 is 24.3 Å². The zero-order valence-electron chi connectivity index (χ0n) is 55.1. The second kappa shape index (κ2) is 64.5. The van der Waals surface area contributed by atoms with Gasteiger partial charge in [0.15, 0.2) is 12.4 Å². The number of hydrogen-bond acceptors (Lipinski definition) is 8. The largest absolute Gasteiger partial charge is 0.545 e. The molecule has 2 atom stereocenters. The molecule has 0 fully saturated rings. The number of carboxylic acids is 1. The van der Waals surface area contributed by atoms with E-state index >= 15 is 0 Å². The van der Waals surface area contributed by atoms with Gasteiger partial charge in [0.25, 0.3) is 0 Å². The molecule has 0 amide bonds. The van der Waals surface area contributed by atoms with Gasteiger partial charge in [0.1, 0.15) is 13.2 Å². The van der Waals surface area contributed by atoms with Crippen LogP contribution in [0.4, 0.5) is 0 Å². The molecule has 0 aromatic carbocycles. The lowest BCUT2D eigenvalue weighted by atomic mass is 10.0. The van der Waals surface area contributed by atoms with Gasteiger partial charge in [-0.05, 0) is 51.4 Å². The molecule has 0 aromatic heterocycles. The number of quaternary nitrogens is 1. The summed E-state index contributed by atoms with van der Waals surface area (Å²) in [4.78, 5) is 37.5. The zero-order valence-corrected chi connectivity index (χ0v) is 55.1. The Labute approximate surface area is 509 Å². The van der Waals surface area contributed by atoms with E-state index in [0.717, 1.165) is 51.4 Å². The molecule has 9 heteroatoms. The highest BCUT2D eigenvalue weighted by Crippen LogP contribution is 2.19. The molecular formula is C73H137NO8. The van der Waals surface area contributed by atoms with E-state index in [9.17, 15) is 19.5 Å². The highest BCUT2D eigenvalue weighted by atomic mass is 16.7. The topological polar surface area (TPSA) is 111 Å². The van der Waals surface area contributed by atoms with Crippen LogP contribution in [-0.2, 0) is 33.3 Å². The van der Waals surface area contributed by atoms with Gasteiger partial charge in [0.05, 0.1) is 40.3 Å². The van der Waals surface area contributed by atoms with Gasteiger partial charge >= 0.3 is 11.9 Å². The maximum absolute atomic E-state index is 12.9. The Hall–Kier alpha value is -2.49. The van der Waals surface area contributed by atoms with E-state index in [1.165, 1.54) is 276 Å². The number of rotatable bonds is 67. The van der Waals surface area contributed by atoms with Gasteiger partial charge < -0.3 is 33.3 Å². The van der Waals surface area contributed by atoms with Crippen molar-refractivity contribution >= 4 is 17.9 Å². The van der Waals surface area contributed by atoms with Crippen molar-refractivity contribution in [3.8, 4) is 0 Å². The fourth-order valence-electron chi connectivity index (χ4n) is 10.7. The van der Waals surface area contributed by atoms with Crippen LogP contribution in [0.15, 0.2) is 36.5 Å². The van der Waals surface area contributed by atoms with E-state index in [-0.39, 0.29) is 32.2 Å². The molecule has 482 valence electrons. The molecule has 0 aliphatic rings. The SMILES string of the molecule is CCCCCCC/C=C\C/C=C\C/C=C\CCCCCCCCCCCCCCCCCCCCC(=O)OC(COC(=O)CCCCCCCCCCCCCCCCCCCCCCCCCC)COC(OCC[N+](C)(C)C)C(=O)[O-]. The summed E-state index contributed by atoms with van der Waals surface area (Å²) in [5.74, 6) is -2.25. The first-order valence-corrected chi connectivity index (χ1v) is 35.6. The highest BCUT2D eigenvalue weighted by molar-refractivity contribution is 5.70. The van der Waals surface area contributed by atoms with Gasteiger partial charge in [-0.3, -0.25) is 9.59 Å². The number of carbonyl (C=O) groups is 3. The molecule has 0 bridgehead atoms. The minimum atomic E-state index is -1.62. The number of aliphatic carboxylic acids is 1. The second-order valence-corrected chi connectivity index (χ2v) is 25.5. The van der Waals surface area contributed by atoms with E-state index in [1.807, 2.05) is 21.1 Å². The first kappa shape index (κ1) is 79.5. The van der Waals surface area contributed by atoms with Crippen molar-refractivity contribution in [1.82, 2.24) is 0 Å². The Kier molecular flexibility index (Phi) is 62.5. The van der Waals surface area contributed by atoms with Crippen LogP contribution in [0.3, 0.4) is 0 Å². The normalized spacial score (nSPS) is 12.8. The summed E-state index contributed by atoms with van der Waals surface area (Å²) in [6.45, 7) is 4.81. The highest BCUT2D eigenvalue weighted by Gasteiger charge is 2.22. The third-order valence-electron chi connectivity index (χ3n) is 16.1. The van der Waals surface area contributed by atoms with Crippen molar-refractivity contribution in [1.29, 1.82) is 0 Å². The van der Waals surface area contributed by atoms with Crippen molar-refractivity contribution in [2.45, 2.75) is 367 Å². The van der Waals surface area contributed by atoms with Crippen molar-refractivity contribution in [2.24, 2.45) is 0 Å². The Morgan fingerprint density at radius 3 is 0.976 bits per heavy atom. The molecular weight excluding hydrogens is 1020 g/mol. The summed E-state index contributed by atoms with van der Waals surface area (Å²) in [5.41, 5.74) is 0. The summed E-state index contributed by atoms with van der Waals surface area (Å²) < 4.78 is 22.8. The lowest BCUT2D eigenvalue weighted by molar-refractivity contribution is -0.870. The quantitative estimate of drug-likeness (QED) is 0.0195. The van der Waals surface area contributed by atoms with E-state index in [0.29, 0.717) is 17.4 Å². The van der Waals surface area contributed by atoms with Crippen LogP contribution in [0.2, 0.25) is 0 Å². The fraction of sp³-hybridized carbons (Fsp3) is 0.877. The average molecular weight is 1160 g/mol. The number of ether oxygens (including phenoxy) is 4. The lowest BCUT2D eigenvalue weighted by Crippen LogP contribution is -2.44. The molecule has 82 heavy (non-hydrogen) atoms. The second-order valence-electron chi connectivity index (χ2n) is 25.5. The number of unbranched alkanes of at least 4 members (excludes halogenated alkanes) is 46. The monoisotopic (exact) mass is 1160 g/mol. The van der Waals surface area contributed by atoms with Crippen molar-refractivity contribution in [2.75, 3.05) is 47.5 Å². The van der Waals surface area contributed by atoms with E-state index in [4.69, 9.17) is 18.9 Å². The van der Waals surface area contributed by atoms with Crippen molar-refractivity contribution in [3.05, 3.63) is 36.5 Å². The van der Waals surface area contributed by atoms with Crippen molar-refractivity contribution < 1.29 is 42.9 Å². The molecule has 0 saturated heterocycles. The Balaban J connectivity index is 4.05. The molecule has 0 radical (unpaired) electrons. The van der Waals surface area contributed by atoms with Crippen LogP contribution in [0.25, 0.3) is 0 Å². The minimum absolute atomic E-state index is 0.151. The number of esters is 2. The number of allylic oxidation sites excluding steroid dienone is 6. The summed E-state index contributed by atoms with van der Waals surface area (Å²) >= 11 is 0. The first-order valence-electron chi connectivity index (χ1n) is 35.6. The van der Waals surface area contributed by atoms with Crippen LogP contribution in [0, 0.1) is 0 Å². The Morgan fingerprint density at radius 2 is 0.659 bits per heavy atom. The smallest absolute Gasteiger partial charge is 0.306 e. The summed E-state index contributed by atoms with van der Waals surface area (Å²) in [6.07, 6.45) is 78.0. The number of carbonyl (C=O) groups excluding carboxylic acids is 3. The molecule has 0 aromatic rings. The molecule has 0 spiro atoms. The van der Waals surface area contributed by atoms with E-state index in [2.05, 4.69) is 50.3 Å². The molecule has 0 rings (SSSR count). The molecule has 0 aliphatic carbocycles. The van der Waals surface area contributed by atoms with E-state index in [1.54, 1.807) is 0 Å². The molecule has 2 unspecified atom stereocenters. The van der Waals surface area contributed by atoms with Gasteiger partial charge in [-0.2, -0.15) is 0 Å². The van der Waals surface area contributed by atoms with Gasteiger partial charge in [-0.25, -0.2) is 0 Å². The van der Waals surface area contributed by atoms with Crippen LogP contribution in [0.1, 0.15) is 354 Å². The lowest BCUT2D eigenvalue weighted by Gasteiger charge is -2.26. The van der Waals surface area contributed by atoms with Crippen LogP contribution in [-0.4, -0.2) is 82.3 Å². The Morgan fingerprint density at radius 1 is 0.366 bits per heavy atom. The van der Waals surface area contributed by atoms with Gasteiger partial charge in [-0.1, -0.05) is 326 Å². The summed E-state index contributed by atoms with van der Waals surface area (Å²) in [5, 5.41) is 11.8. The van der Waals surface area contributed by atoms with Crippen LogP contribution in [0.5, 0.6) is 0 Å². The molecule has 0 aliphatic heterocycles. The molecule has 0 heterocycles. The maximum atomic E-state index is 12.9. The predicted molar refractivity (Wildman–Crippen MR) is 348 cm³/mol. The van der Waals surface area contributed by atoms with Gasteiger partial charge in [0, 0.05) is 12.8 Å². The summed E-state index contributed by atoms with van der Waals surface area (Å²) in [7, 11) is 5.94. The minimum Gasteiger partial charge on any atom is -0.545 e. The van der Waals surface area contributed by atoms with Crippen molar-refractivity contribution in [3.63, 3.8) is 0 Å². The third kappa shape index (κ3) is 65.1.